The second-order valence-electron chi connectivity index (χ2n) is 6.66. The molecular weight excluding hydrogens is 364 g/mol. The Kier molecular flexibility index (Phi) is 5.27. The van der Waals surface area contributed by atoms with Crippen molar-refractivity contribution in [3.05, 3.63) is 136 Å². The summed E-state index contributed by atoms with van der Waals surface area (Å²) in [6.45, 7) is 0.0498. The van der Waals surface area contributed by atoms with E-state index in [1.54, 1.807) is 0 Å². The Bertz CT molecular complexity index is 1020. The van der Waals surface area contributed by atoms with Crippen molar-refractivity contribution in [1.82, 2.24) is 0 Å². The molecule has 3 aromatic carbocycles. The minimum atomic E-state index is -0.903. The predicted octanol–water partition coefficient (Wildman–Crippen LogP) is 4.85. The van der Waals surface area contributed by atoms with Gasteiger partial charge in [-0.05, 0) is 16.7 Å². The topological polar surface area (TPSA) is 59.7 Å². The van der Waals surface area contributed by atoms with Gasteiger partial charge < -0.3 is 14.3 Å². The molecule has 0 aliphatic carbocycles. The van der Waals surface area contributed by atoms with Gasteiger partial charge in [0.1, 0.15) is 24.2 Å². The number of rotatable bonds is 6. The van der Waals surface area contributed by atoms with Crippen molar-refractivity contribution >= 4 is 0 Å². The van der Waals surface area contributed by atoms with E-state index in [9.17, 15) is 9.90 Å². The molecule has 0 atom stereocenters. The second kappa shape index (κ2) is 8.17. The first-order chi connectivity index (χ1) is 14.2. The number of aromatic hydroxyl groups is 1. The maximum Gasteiger partial charge on any atom is 0.226 e. The third-order valence-electron chi connectivity index (χ3n) is 4.84. The molecule has 0 unspecified atom stereocenters. The summed E-state index contributed by atoms with van der Waals surface area (Å²) in [6.07, 6.45) is 1.04. The van der Waals surface area contributed by atoms with E-state index < -0.39 is 16.8 Å². The summed E-state index contributed by atoms with van der Waals surface area (Å²) in [6, 6.07) is 31.1. The number of hydrogen-bond acceptors (Lipinski definition) is 4. The fourth-order valence-corrected chi connectivity index (χ4v) is 3.47. The van der Waals surface area contributed by atoms with Gasteiger partial charge in [0.2, 0.25) is 5.43 Å². The quantitative estimate of drug-likeness (QED) is 0.483. The van der Waals surface area contributed by atoms with E-state index in [2.05, 4.69) is 0 Å². The molecule has 29 heavy (non-hydrogen) atoms. The Morgan fingerprint density at radius 2 is 1.21 bits per heavy atom. The lowest BCUT2D eigenvalue weighted by atomic mass is 9.80. The zero-order valence-electron chi connectivity index (χ0n) is 15.7. The average Bonchev–Trinajstić information content (AvgIpc) is 2.79. The van der Waals surface area contributed by atoms with E-state index in [-0.39, 0.29) is 6.61 Å². The van der Waals surface area contributed by atoms with Gasteiger partial charge in [-0.3, -0.25) is 4.79 Å². The normalized spacial score (nSPS) is 11.3. The van der Waals surface area contributed by atoms with Crippen LogP contribution in [0.3, 0.4) is 0 Å². The third-order valence-corrected chi connectivity index (χ3v) is 4.84. The first-order valence-electron chi connectivity index (χ1n) is 9.31. The minimum Gasteiger partial charge on any atom is -0.502 e. The summed E-state index contributed by atoms with van der Waals surface area (Å²) in [5.74, 6) is -0.0887. The van der Waals surface area contributed by atoms with Crippen LogP contribution in [0.25, 0.3) is 0 Å². The summed E-state index contributed by atoms with van der Waals surface area (Å²) in [5, 5.41) is 9.46. The lowest BCUT2D eigenvalue weighted by molar-refractivity contribution is -0.00867. The molecule has 4 heteroatoms. The Morgan fingerprint density at radius 3 is 1.62 bits per heavy atom. The zero-order chi connectivity index (χ0) is 20.1. The van der Waals surface area contributed by atoms with Gasteiger partial charge in [-0.1, -0.05) is 91.0 Å². The maximum absolute atomic E-state index is 11.8. The molecule has 4 nitrogen and oxygen atoms in total. The van der Waals surface area contributed by atoms with E-state index in [0.717, 1.165) is 23.0 Å². The molecule has 0 saturated carbocycles. The Morgan fingerprint density at radius 1 is 0.759 bits per heavy atom. The van der Waals surface area contributed by atoms with E-state index in [0.29, 0.717) is 5.76 Å². The molecule has 4 aromatic rings. The van der Waals surface area contributed by atoms with E-state index in [1.165, 1.54) is 6.07 Å². The van der Waals surface area contributed by atoms with Gasteiger partial charge in [-0.2, -0.15) is 0 Å². The fourth-order valence-electron chi connectivity index (χ4n) is 3.47. The lowest BCUT2D eigenvalue weighted by Gasteiger charge is -2.35. The van der Waals surface area contributed by atoms with Gasteiger partial charge in [0.15, 0.2) is 5.75 Å². The van der Waals surface area contributed by atoms with E-state index in [1.807, 2.05) is 91.0 Å². The predicted molar refractivity (Wildman–Crippen MR) is 111 cm³/mol. The third kappa shape index (κ3) is 3.71. The van der Waals surface area contributed by atoms with Crippen LogP contribution in [0.2, 0.25) is 0 Å². The zero-order valence-corrected chi connectivity index (χ0v) is 15.7. The van der Waals surface area contributed by atoms with Gasteiger partial charge in [0.25, 0.3) is 0 Å². The van der Waals surface area contributed by atoms with Gasteiger partial charge in [0.05, 0.1) is 0 Å². The SMILES string of the molecule is O=c1cc(COC(c2ccccc2)(c2ccccc2)c2ccccc2)occ1O. The number of hydrogen-bond donors (Lipinski definition) is 1. The highest BCUT2D eigenvalue weighted by atomic mass is 16.5. The van der Waals surface area contributed by atoms with Crippen LogP contribution in [0, 0.1) is 0 Å². The van der Waals surface area contributed by atoms with Gasteiger partial charge in [0, 0.05) is 6.07 Å². The smallest absolute Gasteiger partial charge is 0.226 e. The van der Waals surface area contributed by atoms with Gasteiger partial charge in [-0.15, -0.1) is 0 Å². The number of ether oxygens (including phenoxy) is 1. The molecule has 0 amide bonds. The van der Waals surface area contributed by atoms with Crippen molar-refractivity contribution in [3.8, 4) is 5.75 Å². The van der Waals surface area contributed by atoms with Crippen molar-refractivity contribution < 1.29 is 14.3 Å². The van der Waals surface area contributed by atoms with Crippen LogP contribution < -0.4 is 5.43 Å². The first-order valence-corrected chi connectivity index (χ1v) is 9.31. The van der Waals surface area contributed by atoms with Crippen molar-refractivity contribution in [2.75, 3.05) is 0 Å². The van der Waals surface area contributed by atoms with Gasteiger partial charge in [-0.25, -0.2) is 0 Å². The minimum absolute atomic E-state index is 0.0498. The Hall–Kier alpha value is -3.63. The van der Waals surface area contributed by atoms with E-state index >= 15 is 0 Å². The molecule has 0 radical (unpaired) electrons. The van der Waals surface area contributed by atoms with Crippen LogP contribution in [0.5, 0.6) is 5.75 Å². The molecular formula is C25H20O4. The molecule has 0 aliphatic heterocycles. The van der Waals surface area contributed by atoms with Gasteiger partial charge >= 0.3 is 0 Å². The van der Waals surface area contributed by atoms with Crippen molar-refractivity contribution in [2.24, 2.45) is 0 Å². The fraction of sp³-hybridized carbons (Fsp3) is 0.0800. The molecule has 0 aliphatic rings. The molecule has 0 spiro atoms. The molecule has 4 rings (SSSR count). The van der Waals surface area contributed by atoms with Crippen LogP contribution in [-0.4, -0.2) is 5.11 Å². The van der Waals surface area contributed by atoms with Crippen molar-refractivity contribution in [1.29, 1.82) is 0 Å². The van der Waals surface area contributed by atoms with Crippen LogP contribution >= 0.6 is 0 Å². The highest BCUT2D eigenvalue weighted by Gasteiger charge is 2.37. The molecule has 0 bridgehead atoms. The maximum atomic E-state index is 11.8. The lowest BCUT2D eigenvalue weighted by Crippen LogP contribution is -2.32. The largest absolute Gasteiger partial charge is 0.502 e. The van der Waals surface area contributed by atoms with Crippen LogP contribution in [0.4, 0.5) is 0 Å². The monoisotopic (exact) mass is 384 g/mol. The van der Waals surface area contributed by atoms with Crippen LogP contribution in [0.1, 0.15) is 22.5 Å². The summed E-state index contributed by atoms with van der Waals surface area (Å²) < 4.78 is 11.9. The number of benzene rings is 3. The summed E-state index contributed by atoms with van der Waals surface area (Å²) >= 11 is 0. The highest BCUT2D eigenvalue weighted by molar-refractivity contribution is 5.47. The second-order valence-corrected chi connectivity index (χ2v) is 6.66. The summed E-state index contributed by atoms with van der Waals surface area (Å²) in [5.41, 5.74) is 1.47. The molecule has 0 saturated heterocycles. The highest BCUT2D eigenvalue weighted by Crippen LogP contribution is 2.41. The standard InChI is InChI=1S/C25H20O4/c26-23-16-22(28-18-24(23)27)17-29-25(19-10-4-1-5-11-19,20-12-6-2-7-13-20)21-14-8-3-9-15-21/h1-16,18,27H,17H2. The summed E-state index contributed by atoms with van der Waals surface area (Å²) in [7, 11) is 0. The first kappa shape index (κ1) is 18.7. The van der Waals surface area contributed by atoms with Crippen LogP contribution in [0.15, 0.2) is 113 Å². The molecule has 1 heterocycles. The molecule has 1 N–H and O–H groups in total. The molecule has 1 aromatic heterocycles. The Labute approximate surface area is 168 Å². The van der Waals surface area contributed by atoms with Crippen molar-refractivity contribution in [2.45, 2.75) is 12.2 Å². The average molecular weight is 384 g/mol. The molecule has 0 fully saturated rings. The Balaban J connectivity index is 1.87. The molecule has 144 valence electrons. The summed E-state index contributed by atoms with van der Waals surface area (Å²) in [4.78, 5) is 11.8. The van der Waals surface area contributed by atoms with Crippen molar-refractivity contribution in [3.63, 3.8) is 0 Å². The van der Waals surface area contributed by atoms with Crippen LogP contribution in [-0.2, 0) is 16.9 Å². The van der Waals surface area contributed by atoms with E-state index in [4.69, 9.17) is 9.15 Å².